The van der Waals surface area contributed by atoms with E-state index in [0.29, 0.717) is 22.7 Å². The second kappa shape index (κ2) is 5.49. The van der Waals surface area contributed by atoms with Gasteiger partial charge in [0.05, 0.1) is 33.2 Å². The maximum atomic E-state index is 14.7. The van der Waals surface area contributed by atoms with Crippen LogP contribution in [-0.2, 0) is 0 Å². The van der Waals surface area contributed by atoms with Crippen LogP contribution in [0.4, 0.5) is 8.78 Å². The Balaban J connectivity index is 1.64. The molecule has 0 aliphatic carbocycles. The molecule has 5 aromatic rings. The highest BCUT2D eigenvalue weighted by atomic mass is 19.1. The molecule has 0 aliphatic heterocycles. The number of nitrogens with zero attached hydrogens (tertiary/aromatic N) is 2. The number of halogens is 2. The van der Waals surface area contributed by atoms with Gasteiger partial charge in [0.15, 0.2) is 0 Å². The predicted octanol–water partition coefficient (Wildman–Crippen LogP) is 5.05. The maximum Gasteiger partial charge on any atom is 0.141 e. The van der Waals surface area contributed by atoms with E-state index in [2.05, 4.69) is 19.9 Å². The molecule has 2 aromatic heterocycles. The molecule has 5 rings (SSSR count). The fourth-order valence-corrected chi connectivity index (χ4v) is 3.07. The highest BCUT2D eigenvalue weighted by molar-refractivity contribution is 5.81. The van der Waals surface area contributed by atoms with E-state index in [1.807, 2.05) is 48.5 Å². The molecule has 0 fully saturated rings. The number of para-hydroxylation sites is 4. The summed E-state index contributed by atoms with van der Waals surface area (Å²) in [5, 5.41) is 0. The second-order valence-corrected chi connectivity index (χ2v) is 6.02. The van der Waals surface area contributed by atoms with Crippen molar-refractivity contribution in [2.24, 2.45) is 0 Å². The summed E-state index contributed by atoms with van der Waals surface area (Å²) >= 11 is 0. The van der Waals surface area contributed by atoms with Crippen molar-refractivity contribution in [1.29, 1.82) is 0 Å². The van der Waals surface area contributed by atoms with Crippen LogP contribution >= 0.6 is 0 Å². The zero-order valence-corrected chi connectivity index (χ0v) is 13.4. The van der Waals surface area contributed by atoms with Crippen LogP contribution in [-0.4, -0.2) is 19.9 Å². The lowest BCUT2D eigenvalue weighted by atomic mass is 10.1. The Hall–Kier alpha value is -3.54. The van der Waals surface area contributed by atoms with Gasteiger partial charge >= 0.3 is 0 Å². The van der Waals surface area contributed by atoms with E-state index in [0.717, 1.165) is 23.2 Å². The minimum absolute atomic E-state index is 0.0820. The normalized spacial score (nSPS) is 11.5. The van der Waals surface area contributed by atoms with Gasteiger partial charge in [-0.3, -0.25) is 0 Å². The molecule has 0 atom stereocenters. The molecule has 0 amide bonds. The molecule has 6 heteroatoms. The third kappa shape index (κ3) is 2.27. The van der Waals surface area contributed by atoms with E-state index in [1.165, 1.54) is 0 Å². The van der Waals surface area contributed by atoms with Gasteiger partial charge in [0, 0.05) is 0 Å². The number of nitrogens with one attached hydrogen (secondary N) is 2. The fraction of sp³-hybridized carbons (Fsp3) is 0. The molecule has 0 saturated carbocycles. The molecule has 0 bridgehead atoms. The van der Waals surface area contributed by atoms with Crippen LogP contribution in [0.5, 0.6) is 0 Å². The Morgan fingerprint density at radius 1 is 0.615 bits per heavy atom. The molecule has 3 aromatic carbocycles. The van der Waals surface area contributed by atoms with Gasteiger partial charge in [0.25, 0.3) is 0 Å². The number of H-pyrrole nitrogens is 2. The van der Waals surface area contributed by atoms with Crippen molar-refractivity contribution >= 4 is 22.1 Å². The number of hydrogen-bond donors (Lipinski definition) is 2. The van der Waals surface area contributed by atoms with E-state index in [9.17, 15) is 8.78 Å². The first kappa shape index (κ1) is 14.8. The maximum absolute atomic E-state index is 14.7. The largest absolute Gasteiger partial charge is 0.338 e. The summed E-state index contributed by atoms with van der Waals surface area (Å²) in [5.41, 5.74) is 3.09. The summed E-state index contributed by atoms with van der Waals surface area (Å²) in [4.78, 5) is 14.7. The molecule has 0 unspecified atom stereocenters. The van der Waals surface area contributed by atoms with Gasteiger partial charge in [-0.1, -0.05) is 24.3 Å². The number of benzene rings is 3. The molecule has 4 nitrogen and oxygen atoms in total. The molecular formula is C20H12F2N4. The van der Waals surface area contributed by atoms with Gasteiger partial charge in [-0.15, -0.1) is 0 Å². The van der Waals surface area contributed by atoms with Gasteiger partial charge in [-0.05, 0) is 36.4 Å². The van der Waals surface area contributed by atoms with Crippen molar-refractivity contribution in [2.75, 3.05) is 0 Å². The highest BCUT2D eigenvalue weighted by Crippen LogP contribution is 2.30. The third-order valence-electron chi connectivity index (χ3n) is 4.35. The van der Waals surface area contributed by atoms with Crippen molar-refractivity contribution in [1.82, 2.24) is 19.9 Å². The fourth-order valence-electron chi connectivity index (χ4n) is 3.07. The quantitative estimate of drug-likeness (QED) is 0.470. The third-order valence-corrected chi connectivity index (χ3v) is 4.35. The minimum atomic E-state index is -0.569. The summed E-state index contributed by atoms with van der Waals surface area (Å²) in [6, 6.07) is 17.0. The molecule has 26 heavy (non-hydrogen) atoms. The lowest BCUT2D eigenvalue weighted by molar-refractivity contribution is 0.604. The van der Waals surface area contributed by atoms with Gasteiger partial charge in [0.2, 0.25) is 0 Å². The van der Waals surface area contributed by atoms with Crippen LogP contribution in [0.2, 0.25) is 0 Å². The van der Waals surface area contributed by atoms with Crippen LogP contribution in [0.1, 0.15) is 0 Å². The molecular weight excluding hydrogens is 334 g/mol. The zero-order chi connectivity index (χ0) is 17.7. The molecule has 0 spiro atoms. The van der Waals surface area contributed by atoms with Crippen molar-refractivity contribution in [3.8, 4) is 22.8 Å². The summed E-state index contributed by atoms with van der Waals surface area (Å²) in [6.45, 7) is 0. The lowest BCUT2D eigenvalue weighted by Crippen LogP contribution is -1.94. The summed E-state index contributed by atoms with van der Waals surface area (Å²) in [7, 11) is 0. The Morgan fingerprint density at radius 3 is 1.46 bits per heavy atom. The smallest absolute Gasteiger partial charge is 0.141 e. The average molecular weight is 346 g/mol. The molecule has 2 N–H and O–H groups in total. The van der Waals surface area contributed by atoms with Crippen LogP contribution in [0.15, 0.2) is 60.7 Å². The Labute approximate surface area is 146 Å². The number of aromatic nitrogens is 4. The number of rotatable bonds is 2. The molecule has 2 heterocycles. The van der Waals surface area contributed by atoms with Crippen molar-refractivity contribution in [3.05, 3.63) is 72.3 Å². The standard InChI is InChI=1S/C20H12F2N4/c21-13-10-12(20-25-17-7-3-4-8-18(17)26-20)14(22)9-11(13)19-23-15-5-1-2-6-16(15)24-19/h1-10H,(H,23,24)(H,25,26). The van der Waals surface area contributed by atoms with E-state index in [4.69, 9.17) is 0 Å². The van der Waals surface area contributed by atoms with Gasteiger partial charge in [-0.25, -0.2) is 18.7 Å². The predicted molar refractivity (Wildman–Crippen MR) is 96.5 cm³/mol. The van der Waals surface area contributed by atoms with Crippen molar-refractivity contribution < 1.29 is 8.78 Å². The van der Waals surface area contributed by atoms with Crippen LogP contribution in [0.3, 0.4) is 0 Å². The average Bonchev–Trinajstić information content (AvgIpc) is 3.26. The van der Waals surface area contributed by atoms with Gasteiger partial charge < -0.3 is 9.97 Å². The molecule has 0 saturated heterocycles. The van der Waals surface area contributed by atoms with E-state index in [-0.39, 0.29) is 11.1 Å². The molecule has 0 aliphatic rings. The van der Waals surface area contributed by atoms with Crippen LogP contribution < -0.4 is 0 Å². The number of fused-ring (bicyclic) bond motifs is 2. The first-order chi connectivity index (χ1) is 12.7. The van der Waals surface area contributed by atoms with E-state index < -0.39 is 11.6 Å². The lowest BCUT2D eigenvalue weighted by Gasteiger charge is -2.04. The zero-order valence-electron chi connectivity index (χ0n) is 13.4. The van der Waals surface area contributed by atoms with E-state index >= 15 is 0 Å². The summed E-state index contributed by atoms with van der Waals surface area (Å²) in [6.07, 6.45) is 0. The Kier molecular flexibility index (Phi) is 3.12. The number of aromatic amines is 2. The van der Waals surface area contributed by atoms with E-state index in [1.54, 1.807) is 0 Å². The van der Waals surface area contributed by atoms with Crippen molar-refractivity contribution in [2.45, 2.75) is 0 Å². The summed E-state index contributed by atoms with van der Waals surface area (Å²) < 4.78 is 29.4. The number of hydrogen-bond acceptors (Lipinski definition) is 2. The monoisotopic (exact) mass is 346 g/mol. The van der Waals surface area contributed by atoms with Crippen LogP contribution in [0.25, 0.3) is 44.8 Å². The first-order valence-electron chi connectivity index (χ1n) is 8.08. The topological polar surface area (TPSA) is 57.4 Å². The van der Waals surface area contributed by atoms with Crippen LogP contribution in [0, 0.1) is 11.6 Å². The first-order valence-corrected chi connectivity index (χ1v) is 8.08. The minimum Gasteiger partial charge on any atom is -0.338 e. The Morgan fingerprint density at radius 2 is 1.04 bits per heavy atom. The Bertz CT molecular complexity index is 1100. The molecule has 126 valence electrons. The highest BCUT2D eigenvalue weighted by Gasteiger charge is 2.17. The van der Waals surface area contributed by atoms with Gasteiger partial charge in [0.1, 0.15) is 23.3 Å². The molecule has 0 radical (unpaired) electrons. The summed E-state index contributed by atoms with van der Waals surface area (Å²) in [5.74, 6) is -0.556. The van der Waals surface area contributed by atoms with Gasteiger partial charge in [-0.2, -0.15) is 0 Å². The SMILES string of the molecule is Fc1cc(-c2nc3ccccc3[nH]2)c(F)cc1-c1nc2ccccc2[nH]1. The second-order valence-electron chi connectivity index (χ2n) is 6.02. The number of imidazole rings is 2. The van der Waals surface area contributed by atoms with Crippen molar-refractivity contribution in [3.63, 3.8) is 0 Å².